The van der Waals surface area contributed by atoms with E-state index in [1.807, 2.05) is 0 Å². The Labute approximate surface area is 108 Å². The molecule has 0 radical (unpaired) electrons. The van der Waals surface area contributed by atoms with Crippen molar-refractivity contribution in [2.75, 3.05) is 18.6 Å². The molecule has 1 saturated carbocycles. The molecule has 18 heavy (non-hydrogen) atoms. The van der Waals surface area contributed by atoms with E-state index < -0.39 is 27.1 Å². The highest BCUT2D eigenvalue weighted by Crippen LogP contribution is 2.43. The topological polar surface area (TPSA) is 98.5 Å². The van der Waals surface area contributed by atoms with Crippen LogP contribution in [0.5, 0.6) is 0 Å². The molecule has 0 bridgehead atoms. The number of amides is 1. The van der Waals surface area contributed by atoms with Crippen LogP contribution in [-0.2, 0) is 14.6 Å². The first-order chi connectivity index (χ1) is 7.97. The third kappa shape index (κ3) is 4.45. The largest absolute Gasteiger partial charge is 0.444 e. The number of rotatable bonds is 4. The molecular formula is C11H22N2O4S. The number of alkyl carbamates (subject to hydrolysis) is 1. The van der Waals surface area contributed by atoms with Crippen molar-refractivity contribution in [1.29, 1.82) is 0 Å². The zero-order valence-electron chi connectivity index (χ0n) is 11.3. The van der Waals surface area contributed by atoms with E-state index in [2.05, 4.69) is 5.32 Å². The lowest BCUT2D eigenvalue weighted by Crippen LogP contribution is -2.47. The maximum atomic E-state index is 11.6. The monoisotopic (exact) mass is 278 g/mol. The molecule has 1 fully saturated rings. The van der Waals surface area contributed by atoms with Crippen molar-refractivity contribution in [3.8, 4) is 0 Å². The number of nitrogens with one attached hydrogen (secondary N) is 1. The Morgan fingerprint density at radius 3 is 2.44 bits per heavy atom. The normalized spacial score (nSPS) is 27.7. The highest BCUT2D eigenvalue weighted by molar-refractivity contribution is 7.90. The Balaban J connectivity index is 2.58. The molecule has 1 aliphatic rings. The molecule has 0 aromatic carbocycles. The fraction of sp³-hybridized carbons (Fsp3) is 0.909. The number of hydrogen-bond donors (Lipinski definition) is 2. The van der Waals surface area contributed by atoms with Gasteiger partial charge in [0.1, 0.15) is 15.4 Å². The van der Waals surface area contributed by atoms with Crippen LogP contribution in [0.3, 0.4) is 0 Å². The van der Waals surface area contributed by atoms with Crippen molar-refractivity contribution in [3.63, 3.8) is 0 Å². The second-order valence-corrected chi connectivity index (χ2v) is 8.17. The van der Waals surface area contributed by atoms with Crippen LogP contribution >= 0.6 is 0 Å². The van der Waals surface area contributed by atoms with E-state index in [-0.39, 0.29) is 18.2 Å². The summed E-state index contributed by atoms with van der Waals surface area (Å²) >= 11 is 0. The summed E-state index contributed by atoms with van der Waals surface area (Å²) in [5.74, 6) is -0.0787. The van der Waals surface area contributed by atoms with Gasteiger partial charge in [0.05, 0.1) is 11.3 Å². The van der Waals surface area contributed by atoms with Crippen LogP contribution in [0.25, 0.3) is 0 Å². The summed E-state index contributed by atoms with van der Waals surface area (Å²) in [6, 6.07) is 0. The van der Waals surface area contributed by atoms with Crippen LogP contribution in [0.15, 0.2) is 0 Å². The highest BCUT2D eigenvalue weighted by atomic mass is 32.2. The zero-order valence-corrected chi connectivity index (χ0v) is 12.1. The lowest BCUT2D eigenvalue weighted by atomic mass is 10.2. The summed E-state index contributed by atoms with van der Waals surface area (Å²) in [5, 5.41) is 2.70. The molecule has 0 spiro atoms. The summed E-state index contributed by atoms with van der Waals surface area (Å²) in [5.41, 5.74) is 4.42. The number of hydrogen-bond acceptors (Lipinski definition) is 5. The molecule has 3 N–H and O–H groups in total. The van der Waals surface area contributed by atoms with Crippen molar-refractivity contribution in [2.45, 2.75) is 38.3 Å². The number of ether oxygens (including phenoxy) is 1. The van der Waals surface area contributed by atoms with E-state index in [0.717, 1.165) is 0 Å². The highest BCUT2D eigenvalue weighted by Gasteiger charge is 2.55. The lowest BCUT2D eigenvalue weighted by molar-refractivity contribution is 0.0494. The summed E-state index contributed by atoms with van der Waals surface area (Å²) < 4.78 is 27.6. The molecule has 0 heterocycles. The average Bonchev–Trinajstić information content (AvgIpc) is 2.72. The SMILES string of the molecule is CC(C)(C)OC(=O)N[C@@]1(CN)C[C@@H]1CS(C)(=O)=O. The number of sulfone groups is 1. The number of carbonyl (C=O) groups is 1. The van der Waals surface area contributed by atoms with E-state index in [1.165, 1.54) is 6.26 Å². The second-order valence-electron chi connectivity index (χ2n) is 5.98. The van der Waals surface area contributed by atoms with Gasteiger partial charge in [-0.2, -0.15) is 0 Å². The molecule has 0 saturated heterocycles. The van der Waals surface area contributed by atoms with Crippen molar-refractivity contribution in [3.05, 3.63) is 0 Å². The van der Waals surface area contributed by atoms with Crippen molar-refractivity contribution < 1.29 is 17.9 Å². The lowest BCUT2D eigenvalue weighted by Gasteiger charge is -2.23. The first kappa shape index (κ1) is 15.2. The molecule has 1 aliphatic carbocycles. The summed E-state index contributed by atoms with van der Waals surface area (Å²) in [6.07, 6.45) is 1.21. The minimum absolute atomic E-state index is 0.0417. The van der Waals surface area contributed by atoms with Gasteiger partial charge >= 0.3 is 6.09 Å². The van der Waals surface area contributed by atoms with Crippen LogP contribution in [0, 0.1) is 5.92 Å². The fourth-order valence-electron chi connectivity index (χ4n) is 1.93. The predicted octanol–water partition coefficient (Wildman–Crippen LogP) is 0.273. The van der Waals surface area contributed by atoms with Gasteiger partial charge in [0, 0.05) is 12.8 Å². The molecule has 106 valence electrons. The molecule has 7 heteroatoms. The molecule has 1 rings (SSSR count). The van der Waals surface area contributed by atoms with Crippen LogP contribution < -0.4 is 11.1 Å². The molecule has 0 aromatic rings. The Bertz CT molecular complexity index is 427. The van der Waals surface area contributed by atoms with E-state index in [4.69, 9.17) is 10.5 Å². The van der Waals surface area contributed by atoms with E-state index in [9.17, 15) is 13.2 Å². The Hall–Kier alpha value is -0.820. The van der Waals surface area contributed by atoms with Crippen molar-refractivity contribution in [1.82, 2.24) is 5.32 Å². The van der Waals surface area contributed by atoms with Crippen LogP contribution in [0.1, 0.15) is 27.2 Å². The van der Waals surface area contributed by atoms with Gasteiger partial charge in [-0.1, -0.05) is 0 Å². The van der Waals surface area contributed by atoms with Gasteiger partial charge in [-0.25, -0.2) is 13.2 Å². The standard InChI is InChI=1S/C11H22N2O4S/c1-10(2,3)17-9(14)13-11(7-12)5-8(11)6-18(4,15)16/h8H,5-7,12H2,1-4H3,(H,13,14)/t8-,11-/m1/s1. The minimum atomic E-state index is -3.06. The van der Waals surface area contributed by atoms with Crippen molar-refractivity contribution >= 4 is 15.9 Å². The van der Waals surface area contributed by atoms with Crippen LogP contribution in [0.4, 0.5) is 4.79 Å². The third-order valence-electron chi connectivity index (χ3n) is 2.85. The van der Waals surface area contributed by atoms with Gasteiger partial charge < -0.3 is 15.8 Å². The van der Waals surface area contributed by atoms with Crippen LogP contribution in [0.2, 0.25) is 0 Å². The van der Waals surface area contributed by atoms with Crippen LogP contribution in [-0.4, -0.2) is 44.2 Å². The van der Waals surface area contributed by atoms with Gasteiger partial charge in [0.25, 0.3) is 0 Å². The van der Waals surface area contributed by atoms with E-state index in [1.54, 1.807) is 20.8 Å². The Morgan fingerprint density at radius 2 is 2.06 bits per heavy atom. The minimum Gasteiger partial charge on any atom is -0.444 e. The second kappa shape index (κ2) is 4.70. The maximum Gasteiger partial charge on any atom is 0.408 e. The Kier molecular flexibility index (Phi) is 3.97. The Morgan fingerprint density at radius 1 is 1.50 bits per heavy atom. The molecule has 1 amide bonds. The van der Waals surface area contributed by atoms with Gasteiger partial charge in [-0.15, -0.1) is 0 Å². The van der Waals surface area contributed by atoms with Gasteiger partial charge in [-0.3, -0.25) is 0 Å². The molecule has 0 aromatic heterocycles. The molecule has 6 nitrogen and oxygen atoms in total. The first-order valence-electron chi connectivity index (χ1n) is 5.86. The molecule has 0 unspecified atom stereocenters. The molecule has 0 aliphatic heterocycles. The number of nitrogens with two attached hydrogens (primary N) is 1. The van der Waals surface area contributed by atoms with Gasteiger partial charge in [0.2, 0.25) is 0 Å². The third-order valence-corrected chi connectivity index (χ3v) is 3.86. The van der Waals surface area contributed by atoms with Gasteiger partial charge in [0.15, 0.2) is 0 Å². The zero-order chi connectivity index (χ0) is 14.2. The smallest absolute Gasteiger partial charge is 0.408 e. The predicted molar refractivity (Wildman–Crippen MR) is 69.0 cm³/mol. The van der Waals surface area contributed by atoms with E-state index >= 15 is 0 Å². The van der Waals surface area contributed by atoms with Crippen molar-refractivity contribution in [2.24, 2.45) is 11.7 Å². The summed E-state index contributed by atoms with van der Waals surface area (Å²) in [6.45, 7) is 5.51. The quantitative estimate of drug-likeness (QED) is 0.769. The summed E-state index contributed by atoms with van der Waals surface area (Å²) in [4.78, 5) is 11.6. The maximum absolute atomic E-state index is 11.6. The van der Waals surface area contributed by atoms with E-state index in [0.29, 0.717) is 6.42 Å². The average molecular weight is 278 g/mol. The molecule has 2 atom stereocenters. The van der Waals surface area contributed by atoms with Gasteiger partial charge in [-0.05, 0) is 33.1 Å². The first-order valence-corrected chi connectivity index (χ1v) is 7.92. The molecular weight excluding hydrogens is 256 g/mol. The number of carbonyl (C=O) groups excluding carboxylic acids is 1. The fourth-order valence-corrected chi connectivity index (χ4v) is 3.09. The summed E-state index contributed by atoms with van der Waals surface area (Å²) in [7, 11) is -3.06.